The van der Waals surface area contributed by atoms with E-state index in [1.807, 2.05) is 12.1 Å². The predicted molar refractivity (Wildman–Crippen MR) is 58.7 cm³/mol. The summed E-state index contributed by atoms with van der Waals surface area (Å²) in [6, 6.07) is 4.28. The summed E-state index contributed by atoms with van der Waals surface area (Å²) in [4.78, 5) is 4.20. The summed E-state index contributed by atoms with van der Waals surface area (Å²) in [6.45, 7) is 2.79. The second-order valence-corrected chi connectivity index (χ2v) is 3.90. The Morgan fingerprint density at radius 2 is 2.38 bits per heavy atom. The SMILES string of the molecule is CC(CCN)Nc1ccc(Br)cn1. The third kappa shape index (κ3) is 3.74. The maximum Gasteiger partial charge on any atom is 0.126 e. The second-order valence-electron chi connectivity index (χ2n) is 2.98. The Balaban J connectivity index is 2.49. The van der Waals surface area contributed by atoms with E-state index < -0.39 is 0 Å². The zero-order valence-corrected chi connectivity index (χ0v) is 9.21. The smallest absolute Gasteiger partial charge is 0.126 e. The first kappa shape index (κ1) is 10.5. The van der Waals surface area contributed by atoms with Crippen molar-refractivity contribution in [1.82, 2.24) is 4.98 Å². The van der Waals surface area contributed by atoms with Gasteiger partial charge in [-0.3, -0.25) is 0 Å². The highest BCUT2D eigenvalue weighted by Crippen LogP contribution is 2.11. The molecule has 1 rings (SSSR count). The molecule has 1 aromatic rings. The van der Waals surface area contributed by atoms with Gasteiger partial charge in [0.05, 0.1) is 0 Å². The molecule has 0 saturated heterocycles. The van der Waals surface area contributed by atoms with Crippen molar-refractivity contribution in [1.29, 1.82) is 0 Å². The Labute approximate surface area is 86.9 Å². The van der Waals surface area contributed by atoms with E-state index in [1.54, 1.807) is 6.20 Å². The standard InChI is InChI=1S/C9H14BrN3/c1-7(4-5-11)13-9-3-2-8(10)6-12-9/h2-3,6-7H,4-5,11H2,1H3,(H,12,13). The lowest BCUT2D eigenvalue weighted by Crippen LogP contribution is -2.19. The number of hydrogen-bond donors (Lipinski definition) is 2. The Morgan fingerprint density at radius 3 is 2.92 bits per heavy atom. The first-order valence-corrected chi connectivity index (χ1v) is 5.10. The quantitative estimate of drug-likeness (QED) is 0.851. The van der Waals surface area contributed by atoms with Gasteiger partial charge in [-0.15, -0.1) is 0 Å². The number of aromatic nitrogens is 1. The van der Waals surface area contributed by atoms with Gasteiger partial charge in [0, 0.05) is 16.7 Å². The van der Waals surface area contributed by atoms with Crippen LogP contribution in [0.25, 0.3) is 0 Å². The molecule has 0 spiro atoms. The molecule has 3 N–H and O–H groups in total. The highest BCUT2D eigenvalue weighted by Gasteiger charge is 2.00. The van der Waals surface area contributed by atoms with Gasteiger partial charge in [-0.25, -0.2) is 4.98 Å². The average molecular weight is 244 g/mol. The summed E-state index contributed by atoms with van der Waals surface area (Å²) >= 11 is 3.33. The Morgan fingerprint density at radius 1 is 1.62 bits per heavy atom. The van der Waals surface area contributed by atoms with Crippen LogP contribution in [0.3, 0.4) is 0 Å². The van der Waals surface area contributed by atoms with Crippen LogP contribution in [0.5, 0.6) is 0 Å². The topological polar surface area (TPSA) is 50.9 Å². The van der Waals surface area contributed by atoms with Crippen LogP contribution in [0.2, 0.25) is 0 Å². The molecule has 13 heavy (non-hydrogen) atoms. The summed E-state index contributed by atoms with van der Waals surface area (Å²) in [7, 11) is 0. The number of nitrogens with zero attached hydrogens (tertiary/aromatic N) is 1. The van der Waals surface area contributed by atoms with Gasteiger partial charge in [0.15, 0.2) is 0 Å². The highest BCUT2D eigenvalue weighted by molar-refractivity contribution is 9.10. The van der Waals surface area contributed by atoms with Crippen LogP contribution in [-0.2, 0) is 0 Å². The van der Waals surface area contributed by atoms with Crippen LogP contribution in [0.15, 0.2) is 22.8 Å². The minimum atomic E-state index is 0.374. The molecule has 1 heterocycles. The summed E-state index contributed by atoms with van der Waals surface area (Å²) in [5.41, 5.74) is 5.44. The van der Waals surface area contributed by atoms with E-state index in [0.29, 0.717) is 12.6 Å². The largest absolute Gasteiger partial charge is 0.368 e. The average Bonchev–Trinajstić information content (AvgIpc) is 2.09. The first-order chi connectivity index (χ1) is 6.22. The monoisotopic (exact) mass is 243 g/mol. The number of hydrogen-bond acceptors (Lipinski definition) is 3. The van der Waals surface area contributed by atoms with Crippen molar-refractivity contribution in [3.8, 4) is 0 Å². The Hall–Kier alpha value is -0.610. The van der Waals surface area contributed by atoms with Gasteiger partial charge in [-0.2, -0.15) is 0 Å². The number of rotatable bonds is 4. The molecule has 0 aliphatic heterocycles. The molecule has 1 unspecified atom stereocenters. The van der Waals surface area contributed by atoms with Crippen molar-refractivity contribution >= 4 is 21.7 Å². The minimum Gasteiger partial charge on any atom is -0.368 e. The molecule has 0 amide bonds. The van der Waals surface area contributed by atoms with Crippen molar-refractivity contribution in [2.45, 2.75) is 19.4 Å². The molecular formula is C9H14BrN3. The number of halogens is 1. The Kier molecular flexibility index (Phi) is 4.18. The van der Waals surface area contributed by atoms with Crippen LogP contribution in [0.1, 0.15) is 13.3 Å². The fraction of sp³-hybridized carbons (Fsp3) is 0.444. The number of anilines is 1. The van der Waals surface area contributed by atoms with E-state index in [4.69, 9.17) is 5.73 Å². The van der Waals surface area contributed by atoms with Crippen molar-refractivity contribution < 1.29 is 0 Å². The van der Waals surface area contributed by atoms with Crippen molar-refractivity contribution in [3.63, 3.8) is 0 Å². The second kappa shape index (κ2) is 5.19. The lowest BCUT2D eigenvalue weighted by atomic mass is 10.2. The predicted octanol–water partition coefficient (Wildman–Crippen LogP) is 1.99. The van der Waals surface area contributed by atoms with Gasteiger partial charge in [0.25, 0.3) is 0 Å². The molecular weight excluding hydrogens is 230 g/mol. The van der Waals surface area contributed by atoms with E-state index in [9.17, 15) is 0 Å². The van der Waals surface area contributed by atoms with Gasteiger partial charge in [-0.05, 0) is 48.0 Å². The molecule has 0 aliphatic carbocycles. The number of pyridine rings is 1. The zero-order chi connectivity index (χ0) is 9.68. The van der Waals surface area contributed by atoms with E-state index in [-0.39, 0.29) is 0 Å². The normalized spacial score (nSPS) is 12.5. The molecule has 72 valence electrons. The minimum absolute atomic E-state index is 0.374. The maximum atomic E-state index is 5.44. The lowest BCUT2D eigenvalue weighted by molar-refractivity contribution is 0.713. The molecule has 1 aromatic heterocycles. The maximum absolute atomic E-state index is 5.44. The Bertz CT molecular complexity index is 248. The van der Waals surface area contributed by atoms with Crippen molar-refractivity contribution in [2.75, 3.05) is 11.9 Å². The molecule has 0 radical (unpaired) electrons. The fourth-order valence-corrected chi connectivity index (χ4v) is 1.27. The fourth-order valence-electron chi connectivity index (χ4n) is 1.04. The van der Waals surface area contributed by atoms with Gasteiger partial charge in [0.2, 0.25) is 0 Å². The molecule has 0 bridgehead atoms. The van der Waals surface area contributed by atoms with Gasteiger partial charge < -0.3 is 11.1 Å². The molecule has 0 saturated carbocycles. The summed E-state index contributed by atoms with van der Waals surface area (Å²) in [5.74, 6) is 0.893. The van der Waals surface area contributed by atoms with Crippen LogP contribution in [0.4, 0.5) is 5.82 Å². The van der Waals surface area contributed by atoms with Crippen LogP contribution in [0, 0.1) is 0 Å². The molecule has 0 fully saturated rings. The number of nitrogens with two attached hydrogens (primary N) is 1. The summed E-state index contributed by atoms with van der Waals surface area (Å²) in [6.07, 6.45) is 2.73. The summed E-state index contributed by atoms with van der Waals surface area (Å²) < 4.78 is 0.990. The molecule has 3 nitrogen and oxygen atoms in total. The van der Waals surface area contributed by atoms with E-state index in [1.165, 1.54) is 0 Å². The molecule has 1 atom stereocenters. The van der Waals surface area contributed by atoms with Crippen LogP contribution >= 0.6 is 15.9 Å². The van der Waals surface area contributed by atoms with Crippen LogP contribution < -0.4 is 11.1 Å². The molecule has 0 aromatic carbocycles. The van der Waals surface area contributed by atoms with Crippen molar-refractivity contribution in [3.05, 3.63) is 22.8 Å². The van der Waals surface area contributed by atoms with Gasteiger partial charge >= 0.3 is 0 Å². The lowest BCUT2D eigenvalue weighted by Gasteiger charge is -2.12. The molecule has 0 aliphatic rings. The van der Waals surface area contributed by atoms with Gasteiger partial charge in [0.1, 0.15) is 5.82 Å². The van der Waals surface area contributed by atoms with Crippen molar-refractivity contribution in [2.24, 2.45) is 5.73 Å². The van der Waals surface area contributed by atoms with E-state index in [2.05, 4.69) is 33.2 Å². The van der Waals surface area contributed by atoms with Gasteiger partial charge in [-0.1, -0.05) is 0 Å². The highest BCUT2D eigenvalue weighted by atomic mass is 79.9. The number of nitrogens with one attached hydrogen (secondary N) is 1. The third-order valence-corrected chi connectivity index (χ3v) is 2.19. The summed E-state index contributed by atoms with van der Waals surface area (Å²) in [5, 5.41) is 3.26. The first-order valence-electron chi connectivity index (χ1n) is 4.30. The van der Waals surface area contributed by atoms with Crippen LogP contribution in [-0.4, -0.2) is 17.6 Å². The van der Waals surface area contributed by atoms with E-state index in [0.717, 1.165) is 16.7 Å². The molecule has 4 heteroatoms. The van der Waals surface area contributed by atoms with E-state index >= 15 is 0 Å². The zero-order valence-electron chi connectivity index (χ0n) is 7.63. The third-order valence-electron chi connectivity index (χ3n) is 1.72.